The van der Waals surface area contributed by atoms with Crippen molar-refractivity contribution < 1.29 is 4.79 Å². The van der Waals surface area contributed by atoms with Crippen molar-refractivity contribution in [2.45, 2.75) is 6.54 Å². The maximum atomic E-state index is 11.7. The number of rotatable bonds is 3. The minimum absolute atomic E-state index is 0.0565. The van der Waals surface area contributed by atoms with Crippen molar-refractivity contribution in [3.8, 4) is 0 Å². The molecule has 2 rings (SSSR count). The highest BCUT2D eigenvalue weighted by molar-refractivity contribution is 6.06. The lowest BCUT2D eigenvalue weighted by Crippen LogP contribution is -2.17. The third-order valence-corrected chi connectivity index (χ3v) is 2.59. The molecule has 16 heavy (non-hydrogen) atoms. The molecule has 0 aliphatic heterocycles. The summed E-state index contributed by atoms with van der Waals surface area (Å²) >= 11 is 0. The number of para-hydroxylation sites is 1. The molecule has 1 heterocycles. The van der Waals surface area contributed by atoms with Gasteiger partial charge in [0.1, 0.15) is 0 Å². The van der Waals surface area contributed by atoms with E-state index in [-0.39, 0.29) is 5.91 Å². The van der Waals surface area contributed by atoms with E-state index in [1.165, 1.54) is 0 Å². The Morgan fingerprint density at radius 3 is 2.94 bits per heavy atom. The van der Waals surface area contributed by atoms with Crippen molar-refractivity contribution in [1.29, 1.82) is 0 Å². The molecule has 1 N–H and O–H groups in total. The normalized spacial score (nSPS) is 10.3. The summed E-state index contributed by atoms with van der Waals surface area (Å²) in [5, 5.41) is 3.63. The van der Waals surface area contributed by atoms with Crippen LogP contribution >= 0.6 is 0 Å². The van der Waals surface area contributed by atoms with Crippen molar-refractivity contribution in [3.63, 3.8) is 0 Å². The lowest BCUT2D eigenvalue weighted by atomic mass is 10.2. The summed E-state index contributed by atoms with van der Waals surface area (Å²) in [5.41, 5.74) is 1.76. The van der Waals surface area contributed by atoms with Crippen LogP contribution in [0.15, 0.2) is 43.1 Å². The number of nitrogens with one attached hydrogen (secondary N) is 1. The van der Waals surface area contributed by atoms with E-state index >= 15 is 0 Å². The van der Waals surface area contributed by atoms with Gasteiger partial charge in [0.2, 0.25) is 0 Å². The first-order chi connectivity index (χ1) is 7.77. The molecule has 1 aromatic heterocycles. The second-order valence-corrected chi connectivity index (χ2v) is 3.58. The van der Waals surface area contributed by atoms with E-state index < -0.39 is 0 Å². The standard InChI is InChI=1S/C13H14N2O/c1-3-8-15-9-11(13(16)14-2)10-6-4-5-7-12(10)15/h3-7,9H,1,8H2,2H3,(H,14,16). The van der Waals surface area contributed by atoms with Crippen molar-refractivity contribution in [1.82, 2.24) is 9.88 Å². The molecule has 0 aliphatic rings. The van der Waals surface area contributed by atoms with E-state index in [2.05, 4.69) is 11.9 Å². The van der Waals surface area contributed by atoms with Gasteiger partial charge in [-0.1, -0.05) is 24.3 Å². The summed E-state index contributed by atoms with van der Waals surface area (Å²) in [7, 11) is 1.64. The fourth-order valence-corrected chi connectivity index (χ4v) is 1.85. The Balaban J connectivity index is 2.66. The average Bonchev–Trinajstić information content (AvgIpc) is 2.68. The Morgan fingerprint density at radius 2 is 2.25 bits per heavy atom. The number of nitrogens with zero attached hydrogens (tertiary/aromatic N) is 1. The molecular weight excluding hydrogens is 200 g/mol. The van der Waals surface area contributed by atoms with Crippen LogP contribution in [-0.4, -0.2) is 17.5 Å². The second kappa shape index (κ2) is 4.23. The molecular formula is C13H14N2O. The van der Waals surface area contributed by atoms with Gasteiger partial charge in [0.25, 0.3) is 5.91 Å². The number of carbonyl (C=O) groups is 1. The number of benzene rings is 1. The zero-order chi connectivity index (χ0) is 11.5. The number of allylic oxidation sites excluding steroid dienone is 1. The zero-order valence-electron chi connectivity index (χ0n) is 9.23. The van der Waals surface area contributed by atoms with E-state index in [0.717, 1.165) is 10.9 Å². The molecule has 3 nitrogen and oxygen atoms in total. The monoisotopic (exact) mass is 214 g/mol. The van der Waals surface area contributed by atoms with Gasteiger partial charge in [0, 0.05) is 30.7 Å². The molecule has 0 aliphatic carbocycles. The van der Waals surface area contributed by atoms with E-state index in [1.54, 1.807) is 7.05 Å². The predicted molar refractivity (Wildman–Crippen MR) is 65.5 cm³/mol. The van der Waals surface area contributed by atoms with Crippen LogP contribution in [0.4, 0.5) is 0 Å². The number of aromatic nitrogens is 1. The lowest BCUT2D eigenvalue weighted by Gasteiger charge is -1.98. The molecule has 0 radical (unpaired) electrons. The van der Waals surface area contributed by atoms with Crippen molar-refractivity contribution in [2.75, 3.05) is 7.05 Å². The van der Waals surface area contributed by atoms with Gasteiger partial charge < -0.3 is 9.88 Å². The second-order valence-electron chi connectivity index (χ2n) is 3.58. The highest BCUT2D eigenvalue weighted by Crippen LogP contribution is 2.21. The van der Waals surface area contributed by atoms with Crippen LogP contribution < -0.4 is 5.32 Å². The summed E-state index contributed by atoms with van der Waals surface area (Å²) in [6.45, 7) is 4.42. The number of amides is 1. The fraction of sp³-hybridized carbons (Fsp3) is 0.154. The molecule has 1 aromatic carbocycles. The molecule has 2 aromatic rings. The maximum Gasteiger partial charge on any atom is 0.253 e. The lowest BCUT2D eigenvalue weighted by molar-refractivity contribution is 0.0964. The van der Waals surface area contributed by atoms with Gasteiger partial charge in [0.15, 0.2) is 0 Å². The summed E-state index contributed by atoms with van der Waals surface area (Å²) in [4.78, 5) is 11.7. The molecule has 0 saturated carbocycles. The molecule has 1 amide bonds. The van der Waals surface area contributed by atoms with Crippen LogP contribution in [0.25, 0.3) is 10.9 Å². The molecule has 0 saturated heterocycles. The first kappa shape index (κ1) is 10.5. The molecule has 0 unspecified atom stereocenters. The molecule has 0 atom stereocenters. The largest absolute Gasteiger partial charge is 0.355 e. The van der Waals surface area contributed by atoms with E-state index in [1.807, 2.05) is 41.1 Å². The quantitative estimate of drug-likeness (QED) is 0.781. The van der Waals surface area contributed by atoms with Crippen LogP contribution in [0.5, 0.6) is 0 Å². The van der Waals surface area contributed by atoms with Crippen LogP contribution in [-0.2, 0) is 6.54 Å². The summed E-state index contributed by atoms with van der Waals surface area (Å²) in [6, 6.07) is 7.87. The SMILES string of the molecule is C=CCn1cc(C(=O)NC)c2ccccc21. The highest BCUT2D eigenvalue weighted by atomic mass is 16.1. The Morgan fingerprint density at radius 1 is 1.50 bits per heavy atom. The number of fused-ring (bicyclic) bond motifs is 1. The van der Waals surface area contributed by atoms with Gasteiger partial charge in [-0.15, -0.1) is 6.58 Å². The van der Waals surface area contributed by atoms with Gasteiger partial charge in [-0.05, 0) is 6.07 Å². The number of carbonyl (C=O) groups excluding carboxylic acids is 1. The molecule has 0 fully saturated rings. The highest BCUT2D eigenvalue weighted by Gasteiger charge is 2.12. The van der Waals surface area contributed by atoms with Crippen LogP contribution in [0.3, 0.4) is 0 Å². The van der Waals surface area contributed by atoms with Gasteiger partial charge in [0.05, 0.1) is 5.56 Å². The van der Waals surface area contributed by atoms with Gasteiger partial charge >= 0.3 is 0 Å². The third-order valence-electron chi connectivity index (χ3n) is 2.59. The number of hydrogen-bond acceptors (Lipinski definition) is 1. The van der Waals surface area contributed by atoms with Crippen molar-refractivity contribution in [3.05, 3.63) is 48.7 Å². The predicted octanol–water partition coefficient (Wildman–Crippen LogP) is 2.19. The fourth-order valence-electron chi connectivity index (χ4n) is 1.85. The van der Waals surface area contributed by atoms with E-state index in [0.29, 0.717) is 12.1 Å². The van der Waals surface area contributed by atoms with Crippen LogP contribution in [0.2, 0.25) is 0 Å². The minimum atomic E-state index is -0.0565. The third kappa shape index (κ3) is 1.60. The van der Waals surface area contributed by atoms with Crippen molar-refractivity contribution >= 4 is 16.8 Å². The number of hydrogen-bond donors (Lipinski definition) is 1. The average molecular weight is 214 g/mol. The van der Waals surface area contributed by atoms with Gasteiger partial charge in [-0.2, -0.15) is 0 Å². The van der Waals surface area contributed by atoms with E-state index in [9.17, 15) is 4.79 Å². The first-order valence-electron chi connectivity index (χ1n) is 5.18. The van der Waals surface area contributed by atoms with E-state index in [4.69, 9.17) is 0 Å². The molecule has 82 valence electrons. The Bertz CT molecular complexity index is 540. The zero-order valence-corrected chi connectivity index (χ0v) is 9.23. The van der Waals surface area contributed by atoms with Crippen LogP contribution in [0.1, 0.15) is 10.4 Å². The summed E-state index contributed by atoms with van der Waals surface area (Å²) < 4.78 is 2.02. The summed E-state index contributed by atoms with van der Waals surface area (Å²) in [5.74, 6) is -0.0565. The minimum Gasteiger partial charge on any atom is -0.355 e. The topological polar surface area (TPSA) is 34.0 Å². The van der Waals surface area contributed by atoms with Gasteiger partial charge in [-0.25, -0.2) is 0 Å². The molecule has 3 heteroatoms. The Kier molecular flexibility index (Phi) is 2.77. The molecule has 0 bridgehead atoms. The Hall–Kier alpha value is -2.03. The Labute approximate surface area is 94.4 Å². The van der Waals surface area contributed by atoms with Gasteiger partial charge in [-0.3, -0.25) is 4.79 Å². The molecule has 0 spiro atoms. The van der Waals surface area contributed by atoms with Crippen molar-refractivity contribution in [2.24, 2.45) is 0 Å². The maximum absolute atomic E-state index is 11.7. The smallest absolute Gasteiger partial charge is 0.253 e. The summed E-state index contributed by atoms with van der Waals surface area (Å²) in [6.07, 6.45) is 3.69. The first-order valence-corrected chi connectivity index (χ1v) is 5.18. The van der Waals surface area contributed by atoms with Crippen LogP contribution in [0, 0.1) is 0 Å².